The van der Waals surface area contributed by atoms with Crippen molar-refractivity contribution in [3.63, 3.8) is 0 Å². The first kappa shape index (κ1) is 16.4. The second kappa shape index (κ2) is 8.49. The summed E-state index contributed by atoms with van der Waals surface area (Å²) in [7, 11) is 1.17. The zero-order chi connectivity index (χ0) is 14.3. The van der Waals surface area contributed by atoms with E-state index in [4.69, 9.17) is 0 Å². The highest BCUT2D eigenvalue weighted by Crippen LogP contribution is 2.17. The molecule has 3 atom stereocenters. The summed E-state index contributed by atoms with van der Waals surface area (Å²) >= 11 is 0. The molecule has 0 aromatic heterocycles. The molecule has 1 aromatic rings. The molecule has 0 aliphatic heterocycles. The van der Waals surface area contributed by atoms with Crippen molar-refractivity contribution in [1.29, 1.82) is 0 Å². The second-order valence-electron chi connectivity index (χ2n) is 5.14. The van der Waals surface area contributed by atoms with Crippen LogP contribution in [-0.4, -0.2) is 22.5 Å². The van der Waals surface area contributed by atoms with Crippen molar-refractivity contribution in [3.05, 3.63) is 35.4 Å². The molecular weight excluding hydrogens is 254 g/mol. The molecule has 0 amide bonds. The van der Waals surface area contributed by atoms with Crippen molar-refractivity contribution in [2.24, 2.45) is 0 Å². The lowest BCUT2D eigenvalue weighted by atomic mass is 10.1. The van der Waals surface area contributed by atoms with Gasteiger partial charge in [-0.25, -0.2) is 0 Å². The van der Waals surface area contributed by atoms with E-state index >= 15 is 0 Å². The normalized spacial score (nSPS) is 16.0. The van der Waals surface area contributed by atoms with Crippen molar-refractivity contribution in [2.75, 3.05) is 7.05 Å². The van der Waals surface area contributed by atoms with E-state index in [2.05, 4.69) is 44.3 Å². The fourth-order valence-corrected chi connectivity index (χ4v) is 4.29. The van der Waals surface area contributed by atoms with Gasteiger partial charge >= 0.3 is 0 Å². The number of rotatable bonds is 8. The highest BCUT2D eigenvalue weighted by molar-refractivity contribution is 7.84. The van der Waals surface area contributed by atoms with E-state index in [9.17, 15) is 4.21 Å². The van der Waals surface area contributed by atoms with E-state index in [1.807, 2.05) is 13.1 Å². The number of benzene rings is 1. The molecule has 0 saturated carbocycles. The van der Waals surface area contributed by atoms with Crippen molar-refractivity contribution in [2.45, 2.75) is 57.1 Å². The minimum atomic E-state index is -0.811. The first-order chi connectivity index (χ1) is 9.12. The van der Waals surface area contributed by atoms with Crippen molar-refractivity contribution in [3.8, 4) is 0 Å². The van der Waals surface area contributed by atoms with E-state index < -0.39 is 10.8 Å². The molecule has 0 spiro atoms. The molecule has 3 heteroatoms. The molecule has 19 heavy (non-hydrogen) atoms. The smallest absolute Gasteiger partial charge is 0.0501 e. The SMILES string of the molecule is CCCC(NC)C(CC)S(=O)Cc1cccc(C)c1. The molecule has 0 aliphatic carbocycles. The standard InChI is InChI=1S/C16H27NOS/c1-5-8-15(17-4)16(6-2)19(18)12-14-10-7-9-13(3)11-14/h7,9-11,15-17H,5-6,8,12H2,1-4H3. The summed E-state index contributed by atoms with van der Waals surface area (Å²) in [4.78, 5) is 0. The Balaban J connectivity index is 2.73. The third-order valence-corrected chi connectivity index (χ3v) is 5.51. The average molecular weight is 281 g/mol. The van der Waals surface area contributed by atoms with Gasteiger partial charge in [-0.05, 0) is 32.4 Å². The summed E-state index contributed by atoms with van der Waals surface area (Å²) in [5.74, 6) is 0.669. The Morgan fingerprint density at radius 3 is 2.58 bits per heavy atom. The first-order valence-corrected chi connectivity index (χ1v) is 8.60. The molecule has 1 aromatic carbocycles. The van der Waals surface area contributed by atoms with E-state index in [-0.39, 0.29) is 5.25 Å². The molecule has 0 saturated heterocycles. The van der Waals surface area contributed by atoms with Gasteiger partial charge < -0.3 is 5.32 Å². The number of aryl methyl sites for hydroxylation is 1. The van der Waals surface area contributed by atoms with Crippen LogP contribution >= 0.6 is 0 Å². The maximum absolute atomic E-state index is 12.6. The van der Waals surface area contributed by atoms with Crippen molar-refractivity contribution >= 4 is 10.8 Å². The van der Waals surface area contributed by atoms with Crippen LogP contribution in [0.1, 0.15) is 44.2 Å². The Labute approximate surface area is 120 Å². The highest BCUT2D eigenvalue weighted by Gasteiger charge is 2.23. The Kier molecular flexibility index (Phi) is 7.32. The maximum Gasteiger partial charge on any atom is 0.0501 e. The van der Waals surface area contributed by atoms with Crippen LogP contribution in [0.25, 0.3) is 0 Å². The van der Waals surface area contributed by atoms with Crippen LogP contribution in [0.4, 0.5) is 0 Å². The predicted octanol–water partition coefficient (Wildman–Crippen LogP) is 3.41. The van der Waals surface area contributed by atoms with Crippen LogP contribution in [0, 0.1) is 6.92 Å². The molecular formula is C16H27NOS. The molecule has 1 rings (SSSR count). The van der Waals surface area contributed by atoms with Crippen LogP contribution in [0.2, 0.25) is 0 Å². The van der Waals surface area contributed by atoms with Gasteiger partial charge in [-0.3, -0.25) is 4.21 Å². The van der Waals surface area contributed by atoms with Gasteiger partial charge in [0.15, 0.2) is 0 Å². The lowest BCUT2D eigenvalue weighted by molar-refractivity contribution is 0.480. The first-order valence-electron chi connectivity index (χ1n) is 7.22. The van der Waals surface area contributed by atoms with E-state index in [0.29, 0.717) is 11.8 Å². The van der Waals surface area contributed by atoms with Crippen LogP contribution in [0.15, 0.2) is 24.3 Å². The third-order valence-electron chi connectivity index (χ3n) is 3.55. The Hall–Kier alpha value is -0.670. The molecule has 0 radical (unpaired) electrons. The Morgan fingerprint density at radius 2 is 2.05 bits per heavy atom. The minimum Gasteiger partial charge on any atom is -0.316 e. The maximum atomic E-state index is 12.6. The van der Waals surface area contributed by atoms with Gasteiger partial charge in [-0.15, -0.1) is 0 Å². The van der Waals surface area contributed by atoms with E-state index in [1.165, 1.54) is 11.1 Å². The molecule has 2 nitrogen and oxygen atoms in total. The van der Waals surface area contributed by atoms with Crippen LogP contribution in [0.5, 0.6) is 0 Å². The van der Waals surface area contributed by atoms with Gasteiger partial charge in [0, 0.05) is 22.6 Å². The quantitative estimate of drug-likeness (QED) is 0.791. The lowest BCUT2D eigenvalue weighted by Gasteiger charge is -2.25. The Bertz CT molecular complexity index is 405. The lowest BCUT2D eigenvalue weighted by Crippen LogP contribution is -2.40. The van der Waals surface area contributed by atoms with Gasteiger partial charge in [-0.2, -0.15) is 0 Å². The summed E-state index contributed by atoms with van der Waals surface area (Å²) in [6.07, 6.45) is 3.18. The van der Waals surface area contributed by atoms with E-state index in [0.717, 1.165) is 19.3 Å². The fourth-order valence-electron chi connectivity index (χ4n) is 2.55. The number of hydrogen-bond acceptors (Lipinski definition) is 2. The summed E-state index contributed by atoms with van der Waals surface area (Å²) < 4.78 is 12.6. The summed E-state index contributed by atoms with van der Waals surface area (Å²) in [6, 6.07) is 8.70. The Morgan fingerprint density at radius 1 is 1.32 bits per heavy atom. The molecule has 0 fully saturated rings. The van der Waals surface area contributed by atoms with Crippen LogP contribution in [0.3, 0.4) is 0 Å². The van der Waals surface area contributed by atoms with Crippen LogP contribution in [-0.2, 0) is 16.6 Å². The van der Waals surface area contributed by atoms with Crippen molar-refractivity contribution < 1.29 is 4.21 Å². The zero-order valence-electron chi connectivity index (χ0n) is 12.6. The second-order valence-corrected chi connectivity index (χ2v) is 6.80. The fraction of sp³-hybridized carbons (Fsp3) is 0.625. The zero-order valence-corrected chi connectivity index (χ0v) is 13.4. The molecule has 0 heterocycles. The monoisotopic (exact) mass is 281 g/mol. The highest BCUT2D eigenvalue weighted by atomic mass is 32.2. The molecule has 1 N–H and O–H groups in total. The van der Waals surface area contributed by atoms with Gasteiger partial charge in [0.25, 0.3) is 0 Å². The largest absolute Gasteiger partial charge is 0.316 e. The minimum absolute atomic E-state index is 0.241. The van der Waals surface area contributed by atoms with Gasteiger partial charge in [0.1, 0.15) is 0 Å². The topological polar surface area (TPSA) is 29.1 Å². The average Bonchev–Trinajstić information content (AvgIpc) is 2.38. The summed E-state index contributed by atoms with van der Waals surface area (Å²) in [5, 5.41) is 3.58. The van der Waals surface area contributed by atoms with Crippen LogP contribution < -0.4 is 5.32 Å². The van der Waals surface area contributed by atoms with Gasteiger partial charge in [0.05, 0.1) is 5.25 Å². The molecule has 0 aliphatic rings. The molecule has 3 unspecified atom stereocenters. The molecule has 0 bridgehead atoms. The number of hydrogen-bond donors (Lipinski definition) is 1. The summed E-state index contributed by atoms with van der Waals surface area (Å²) in [5.41, 5.74) is 2.42. The third kappa shape index (κ3) is 5.07. The predicted molar refractivity (Wildman–Crippen MR) is 84.9 cm³/mol. The molecule has 108 valence electrons. The van der Waals surface area contributed by atoms with Crippen molar-refractivity contribution in [1.82, 2.24) is 5.32 Å². The van der Waals surface area contributed by atoms with E-state index in [1.54, 1.807) is 0 Å². The summed E-state index contributed by atoms with van der Waals surface area (Å²) in [6.45, 7) is 6.40. The number of nitrogens with one attached hydrogen (secondary N) is 1. The van der Waals surface area contributed by atoms with Gasteiger partial charge in [-0.1, -0.05) is 50.1 Å². The van der Waals surface area contributed by atoms with Gasteiger partial charge in [0.2, 0.25) is 0 Å².